The maximum Gasteiger partial charge on any atom is 0.322 e. The summed E-state index contributed by atoms with van der Waals surface area (Å²) >= 11 is 0. The van der Waals surface area contributed by atoms with Crippen molar-refractivity contribution in [1.29, 1.82) is 0 Å². The fourth-order valence-corrected chi connectivity index (χ4v) is 12.8. The van der Waals surface area contributed by atoms with E-state index in [-0.39, 0.29) is 12.0 Å². The van der Waals surface area contributed by atoms with Gasteiger partial charge in [0.1, 0.15) is 17.3 Å². The predicted octanol–water partition coefficient (Wildman–Crippen LogP) is 2.73. The second kappa shape index (κ2) is 12.5. The van der Waals surface area contributed by atoms with Crippen molar-refractivity contribution in [2.24, 2.45) is 17.6 Å². The monoisotopic (exact) mass is 753 g/mol. The highest BCUT2D eigenvalue weighted by molar-refractivity contribution is 5.95. The Bertz CT molecular complexity index is 2120. The molecule has 12 heteroatoms. The lowest BCUT2D eigenvalue weighted by molar-refractivity contribution is -0.180. The Morgan fingerprint density at radius 3 is 2.56 bits per heavy atom. The minimum absolute atomic E-state index is 0.0755. The molecule has 2 saturated heterocycles. The van der Waals surface area contributed by atoms with Crippen LogP contribution in [0.4, 0.5) is 5.69 Å². The number of ether oxygens (including phenoxy) is 2. The summed E-state index contributed by atoms with van der Waals surface area (Å²) in [7, 11) is 4.90. The van der Waals surface area contributed by atoms with Crippen molar-refractivity contribution in [3.63, 3.8) is 0 Å². The number of amides is 1. The van der Waals surface area contributed by atoms with Crippen molar-refractivity contribution in [2.75, 3.05) is 58.9 Å². The lowest BCUT2D eigenvalue weighted by Gasteiger charge is -2.59. The minimum Gasteiger partial charge on any atom is -0.496 e. The summed E-state index contributed by atoms with van der Waals surface area (Å²) in [6.07, 6.45) is 4.12. The van der Waals surface area contributed by atoms with Crippen LogP contribution in [0.1, 0.15) is 68.3 Å². The zero-order valence-electron chi connectivity index (χ0n) is 32.6. The topological polar surface area (TPSA) is 165 Å². The first kappa shape index (κ1) is 36.7. The Labute approximate surface area is 322 Å². The molecule has 9 rings (SSSR count). The van der Waals surface area contributed by atoms with Crippen molar-refractivity contribution < 1.29 is 34.4 Å². The summed E-state index contributed by atoms with van der Waals surface area (Å²) in [5.74, 6) is -1.51. The number of esters is 1. The van der Waals surface area contributed by atoms with Gasteiger partial charge in [-0.15, -0.1) is 0 Å². The average Bonchev–Trinajstić information content (AvgIpc) is 3.84. The Morgan fingerprint density at radius 2 is 1.85 bits per heavy atom. The van der Waals surface area contributed by atoms with Gasteiger partial charge in [0, 0.05) is 84.5 Å². The Morgan fingerprint density at radius 1 is 1.07 bits per heavy atom. The first-order valence-electron chi connectivity index (χ1n) is 20.0. The molecule has 294 valence electrons. The number of rotatable bonds is 6. The number of H-pyrrole nitrogens is 1. The molecule has 2 bridgehead atoms. The largest absolute Gasteiger partial charge is 0.496 e. The van der Waals surface area contributed by atoms with Crippen molar-refractivity contribution in [3.05, 3.63) is 70.4 Å². The number of anilines is 1. The smallest absolute Gasteiger partial charge is 0.322 e. The van der Waals surface area contributed by atoms with Crippen molar-refractivity contribution in [2.45, 2.75) is 92.6 Å². The molecule has 0 radical (unpaired) electrons. The number of hydrogen-bond donors (Lipinski definition) is 5. The van der Waals surface area contributed by atoms with Crippen molar-refractivity contribution >= 4 is 28.5 Å². The number of piperidine rings is 1. The summed E-state index contributed by atoms with van der Waals surface area (Å²) in [6, 6.07) is 11.1. The third-order valence-corrected chi connectivity index (χ3v) is 15.0. The van der Waals surface area contributed by atoms with Crippen LogP contribution in [0.25, 0.3) is 10.9 Å². The van der Waals surface area contributed by atoms with Gasteiger partial charge in [0.15, 0.2) is 5.60 Å². The summed E-state index contributed by atoms with van der Waals surface area (Å²) < 4.78 is 12.2. The number of carbonyl (C=O) groups excluding carboxylic acids is 2. The number of aromatic amines is 1. The zero-order valence-corrected chi connectivity index (χ0v) is 32.6. The van der Waals surface area contributed by atoms with Crippen LogP contribution in [0.5, 0.6) is 5.75 Å². The molecule has 6 N–H and O–H groups in total. The first-order valence-corrected chi connectivity index (χ1v) is 20.0. The normalized spacial score (nSPS) is 37.8. The Kier molecular flexibility index (Phi) is 8.36. The van der Waals surface area contributed by atoms with Crippen LogP contribution >= 0.6 is 0 Å². The van der Waals surface area contributed by atoms with E-state index < -0.39 is 52.0 Å². The fraction of sp³-hybridized carbons (Fsp3) is 0.581. The van der Waals surface area contributed by atoms with Gasteiger partial charge in [0.2, 0.25) is 0 Å². The van der Waals surface area contributed by atoms with Gasteiger partial charge in [0.25, 0.3) is 5.91 Å². The van der Waals surface area contributed by atoms with Gasteiger partial charge in [-0.3, -0.25) is 19.4 Å². The zero-order chi connectivity index (χ0) is 38.8. The number of aliphatic hydroxyl groups is 3. The summed E-state index contributed by atoms with van der Waals surface area (Å²) in [6.45, 7) is 7.49. The fourth-order valence-electron chi connectivity index (χ4n) is 12.8. The van der Waals surface area contributed by atoms with Gasteiger partial charge >= 0.3 is 5.97 Å². The first-order chi connectivity index (χ1) is 26.3. The number of likely N-dealkylation sites (N-methyl/N-ethyl adjacent to an activating group) is 1. The molecule has 3 fully saturated rings. The number of nitrogens with two attached hydrogens (primary N) is 1. The second-order valence-electron chi connectivity index (χ2n) is 17.4. The van der Waals surface area contributed by atoms with Crippen LogP contribution < -0.4 is 15.4 Å². The van der Waals surface area contributed by atoms with Crippen LogP contribution in [0.2, 0.25) is 0 Å². The molecule has 12 nitrogen and oxygen atoms in total. The summed E-state index contributed by atoms with van der Waals surface area (Å²) in [5, 5.41) is 37.7. The summed E-state index contributed by atoms with van der Waals surface area (Å²) in [4.78, 5) is 39.2. The average molecular weight is 754 g/mol. The van der Waals surface area contributed by atoms with E-state index >= 15 is 4.79 Å². The van der Waals surface area contributed by atoms with Crippen LogP contribution in [-0.2, 0) is 31.6 Å². The highest BCUT2D eigenvalue weighted by Gasteiger charge is 2.75. The van der Waals surface area contributed by atoms with E-state index in [4.69, 9.17) is 15.2 Å². The van der Waals surface area contributed by atoms with E-state index in [0.717, 1.165) is 52.1 Å². The number of para-hydroxylation sites is 1. The van der Waals surface area contributed by atoms with Gasteiger partial charge in [-0.2, -0.15) is 0 Å². The molecule has 5 aliphatic heterocycles. The number of aromatic nitrogens is 1. The molecule has 1 spiro atoms. The highest BCUT2D eigenvalue weighted by Crippen LogP contribution is 2.65. The Hall–Kier alpha value is -3.94. The van der Waals surface area contributed by atoms with E-state index in [1.54, 1.807) is 7.11 Å². The maximum absolute atomic E-state index is 15.2. The molecule has 2 aromatic carbocycles. The molecule has 3 aromatic rings. The summed E-state index contributed by atoms with van der Waals surface area (Å²) in [5.41, 5.74) is 6.77. The van der Waals surface area contributed by atoms with E-state index in [2.05, 4.69) is 33.0 Å². The number of methoxy groups -OCH3 is 2. The molecule has 1 saturated carbocycles. The molecule has 10 atom stereocenters. The molecule has 5 unspecified atom stereocenters. The van der Waals surface area contributed by atoms with Gasteiger partial charge in [0.05, 0.1) is 25.9 Å². The van der Waals surface area contributed by atoms with Gasteiger partial charge < -0.3 is 40.4 Å². The number of nitrogens with zero attached hydrogens (tertiary/aromatic N) is 3. The van der Waals surface area contributed by atoms with Gasteiger partial charge in [-0.25, -0.2) is 0 Å². The van der Waals surface area contributed by atoms with Crippen LogP contribution in [-0.4, -0.2) is 125 Å². The molecule has 55 heavy (non-hydrogen) atoms. The molecule has 1 aromatic heterocycles. The molecular formula is C43H55N5O7. The van der Waals surface area contributed by atoms with Gasteiger partial charge in [-0.05, 0) is 74.2 Å². The van der Waals surface area contributed by atoms with E-state index in [9.17, 15) is 20.1 Å². The number of hydrogen-bond acceptors (Lipinski definition) is 10. The predicted molar refractivity (Wildman–Crippen MR) is 208 cm³/mol. The van der Waals surface area contributed by atoms with Crippen molar-refractivity contribution in [1.82, 2.24) is 14.8 Å². The highest BCUT2D eigenvalue weighted by atomic mass is 16.5. The lowest BCUT2D eigenvalue weighted by atomic mass is 9.52. The van der Waals surface area contributed by atoms with Crippen molar-refractivity contribution in [3.8, 4) is 5.75 Å². The van der Waals surface area contributed by atoms with Crippen LogP contribution in [0, 0.1) is 11.8 Å². The number of nitrogens with one attached hydrogen (secondary N) is 1. The van der Waals surface area contributed by atoms with Crippen LogP contribution in [0.3, 0.4) is 0 Å². The van der Waals surface area contributed by atoms with E-state index in [0.29, 0.717) is 69.5 Å². The minimum atomic E-state index is -2.28. The third-order valence-electron chi connectivity index (χ3n) is 15.0. The second-order valence-corrected chi connectivity index (χ2v) is 17.4. The van der Waals surface area contributed by atoms with E-state index in [1.807, 2.05) is 50.1 Å². The van der Waals surface area contributed by atoms with E-state index in [1.165, 1.54) is 7.11 Å². The maximum atomic E-state index is 15.2. The third kappa shape index (κ3) is 4.69. The quantitative estimate of drug-likeness (QED) is 0.187. The Balaban J connectivity index is 1.35. The standard InChI is InChI=1S/C43H55N5O7/c1-6-25-12-16-48-17-14-41-28-18-29(32(54-4)19-31(28)46(3)37(41)43(53,38(44)50)36(49)33(25)35(41)48)42(39(51)55-5)21-24-20-40(52,7-2)23-47(22-24)15-13-27-26-10-8-9-11-30(26)45-34(27)42/h8-12,18-19,24,33,35-37,45,49,52-53H,6-7,13-17,20-23H2,1-5H3,(H2,44,50)/t24?,33?,35-,36+,37+,40?,41+,42-,43?/m0/s1. The number of aliphatic hydroxyl groups excluding tert-OH is 1. The SMILES string of the molecule is CCC1=CCN2CC[C@]34c5cc([C@@]6(C(=O)OC)CC7CN(CCc8c6[nH]c6ccccc86)CC(O)(CC)C7)c(OC)cc5N(C)[C@H]3C(O)(C(N)=O)[C@H](O)C1[C@H]24. The number of fused-ring (bicyclic) bond motifs is 6. The van der Waals surface area contributed by atoms with Crippen LogP contribution in [0.15, 0.2) is 48.0 Å². The molecule has 6 aliphatic rings. The lowest BCUT2D eigenvalue weighted by Crippen LogP contribution is -2.78. The number of benzene rings is 2. The molecule has 6 heterocycles. The number of carbonyl (C=O) groups is 2. The number of primary amides is 1. The molecular weight excluding hydrogens is 699 g/mol. The molecule has 1 amide bonds. The molecule has 1 aliphatic carbocycles. The van der Waals surface area contributed by atoms with Gasteiger partial charge in [-0.1, -0.05) is 43.7 Å².